The summed E-state index contributed by atoms with van der Waals surface area (Å²) in [5.41, 5.74) is 6.71. The number of nitrogen functional groups attached to an aromatic ring is 1. The minimum absolute atomic E-state index is 0.0286. The molecule has 0 radical (unpaired) electrons. The number of nitrogens with two attached hydrogens (primary N) is 1. The summed E-state index contributed by atoms with van der Waals surface area (Å²) in [6.45, 7) is 1.16. The molecule has 0 spiro atoms. The van der Waals surface area contributed by atoms with Crippen molar-refractivity contribution in [1.29, 1.82) is 0 Å². The van der Waals surface area contributed by atoms with Gasteiger partial charge in [0.25, 0.3) is 0 Å². The van der Waals surface area contributed by atoms with Crippen LogP contribution in [0.15, 0.2) is 18.3 Å². The van der Waals surface area contributed by atoms with Crippen LogP contribution in [0.5, 0.6) is 0 Å². The Balaban J connectivity index is 2.33. The number of anilines is 1. The first kappa shape index (κ1) is 16.9. The van der Waals surface area contributed by atoms with Gasteiger partial charge < -0.3 is 20.7 Å². The number of nitrogens with one attached hydrogen (secondary N) is 1. The molecular weight excluding hydrogens is 272 g/mol. The van der Waals surface area contributed by atoms with Crippen LogP contribution in [-0.2, 0) is 20.7 Å². The largest absolute Gasteiger partial charge is 0.397 e. The minimum Gasteiger partial charge on any atom is -0.397 e. The fraction of sp³-hybridized carbons (Fsp3) is 0.500. The molecule has 0 fully saturated rings. The number of nitrogens with zero attached hydrogens (tertiary/aromatic N) is 2. The highest BCUT2D eigenvalue weighted by molar-refractivity contribution is 5.85. The van der Waals surface area contributed by atoms with E-state index < -0.39 is 0 Å². The van der Waals surface area contributed by atoms with Crippen LogP contribution in [0.4, 0.5) is 5.69 Å². The molecule has 1 heterocycles. The van der Waals surface area contributed by atoms with E-state index >= 15 is 0 Å². The summed E-state index contributed by atoms with van der Waals surface area (Å²) in [7, 11) is 3.20. The fourth-order valence-electron chi connectivity index (χ4n) is 1.63. The maximum Gasteiger partial charge on any atom is 0.239 e. The highest BCUT2D eigenvalue weighted by atomic mass is 16.5. The third kappa shape index (κ3) is 6.71. The van der Waals surface area contributed by atoms with Gasteiger partial charge in [-0.15, -0.1) is 0 Å². The number of methoxy groups -OCH3 is 1. The van der Waals surface area contributed by atoms with Crippen molar-refractivity contribution in [3.63, 3.8) is 0 Å². The number of hydrogen-bond acceptors (Lipinski definition) is 5. The minimum atomic E-state index is -0.188. The summed E-state index contributed by atoms with van der Waals surface area (Å²) >= 11 is 0. The van der Waals surface area contributed by atoms with Crippen LogP contribution < -0.4 is 11.1 Å². The SMILES string of the molecule is COCCCNC(=O)CN(C)C(=O)Cc1ccc(N)cn1. The lowest BCUT2D eigenvalue weighted by atomic mass is 10.2. The van der Waals surface area contributed by atoms with Gasteiger partial charge in [0.05, 0.1) is 24.8 Å². The Hall–Kier alpha value is -2.15. The predicted octanol–water partition coefficient (Wildman–Crippen LogP) is -0.183. The quantitative estimate of drug-likeness (QED) is 0.648. The molecule has 1 rings (SSSR count). The third-order valence-corrected chi connectivity index (χ3v) is 2.83. The first-order valence-corrected chi connectivity index (χ1v) is 6.73. The average molecular weight is 294 g/mol. The highest BCUT2D eigenvalue weighted by Gasteiger charge is 2.13. The topological polar surface area (TPSA) is 97.5 Å². The summed E-state index contributed by atoms with van der Waals surface area (Å²) in [4.78, 5) is 29.0. The van der Waals surface area contributed by atoms with Crippen molar-refractivity contribution in [2.75, 3.05) is 39.6 Å². The molecule has 0 saturated carbocycles. The Morgan fingerprint density at radius 3 is 2.81 bits per heavy atom. The van der Waals surface area contributed by atoms with E-state index in [-0.39, 0.29) is 24.8 Å². The van der Waals surface area contributed by atoms with Gasteiger partial charge >= 0.3 is 0 Å². The molecule has 0 aromatic carbocycles. The molecule has 0 bridgehead atoms. The van der Waals surface area contributed by atoms with Crippen molar-refractivity contribution in [2.24, 2.45) is 0 Å². The van der Waals surface area contributed by atoms with Gasteiger partial charge in [0.2, 0.25) is 11.8 Å². The van der Waals surface area contributed by atoms with E-state index in [1.807, 2.05) is 0 Å². The van der Waals surface area contributed by atoms with Crippen LogP contribution in [0.2, 0.25) is 0 Å². The molecule has 21 heavy (non-hydrogen) atoms. The molecule has 1 aromatic heterocycles. The highest BCUT2D eigenvalue weighted by Crippen LogP contribution is 2.03. The molecule has 0 saturated heterocycles. The normalized spacial score (nSPS) is 10.2. The number of ether oxygens (including phenoxy) is 1. The van der Waals surface area contributed by atoms with Crippen LogP contribution in [0.3, 0.4) is 0 Å². The van der Waals surface area contributed by atoms with Crippen molar-refractivity contribution >= 4 is 17.5 Å². The maximum atomic E-state index is 12.0. The number of carbonyl (C=O) groups excluding carboxylic acids is 2. The molecule has 0 aliphatic heterocycles. The molecule has 0 aliphatic carbocycles. The van der Waals surface area contributed by atoms with Gasteiger partial charge in [-0.1, -0.05) is 0 Å². The molecular formula is C14H22N4O3. The van der Waals surface area contributed by atoms with Crippen molar-refractivity contribution in [3.05, 3.63) is 24.0 Å². The van der Waals surface area contributed by atoms with Gasteiger partial charge in [-0.25, -0.2) is 0 Å². The number of aromatic nitrogens is 1. The number of rotatable bonds is 8. The standard InChI is InChI=1S/C14H22N4O3/c1-18(10-13(19)16-6-3-7-21-2)14(20)8-12-5-4-11(15)9-17-12/h4-5,9H,3,6-8,10,15H2,1-2H3,(H,16,19). The first-order chi connectivity index (χ1) is 10.0. The molecule has 3 N–H and O–H groups in total. The van der Waals surface area contributed by atoms with Gasteiger partial charge in [0.15, 0.2) is 0 Å². The van der Waals surface area contributed by atoms with Gasteiger partial charge in [0.1, 0.15) is 0 Å². The van der Waals surface area contributed by atoms with Crippen molar-refractivity contribution in [2.45, 2.75) is 12.8 Å². The van der Waals surface area contributed by atoms with Crippen LogP contribution in [0.1, 0.15) is 12.1 Å². The van der Waals surface area contributed by atoms with Crippen LogP contribution >= 0.6 is 0 Å². The lowest BCUT2D eigenvalue weighted by molar-refractivity contribution is -0.134. The van der Waals surface area contributed by atoms with E-state index in [0.29, 0.717) is 24.5 Å². The third-order valence-electron chi connectivity index (χ3n) is 2.83. The zero-order valence-corrected chi connectivity index (χ0v) is 12.5. The number of pyridine rings is 1. The fourth-order valence-corrected chi connectivity index (χ4v) is 1.63. The van der Waals surface area contributed by atoms with Crippen molar-refractivity contribution in [1.82, 2.24) is 15.2 Å². The van der Waals surface area contributed by atoms with Crippen LogP contribution in [0.25, 0.3) is 0 Å². The monoisotopic (exact) mass is 294 g/mol. The van der Waals surface area contributed by atoms with Gasteiger partial charge in [-0.05, 0) is 18.6 Å². The lowest BCUT2D eigenvalue weighted by Crippen LogP contribution is -2.39. The van der Waals surface area contributed by atoms with Crippen LogP contribution in [0, 0.1) is 0 Å². The summed E-state index contributed by atoms with van der Waals surface area (Å²) in [5, 5.41) is 2.73. The zero-order chi connectivity index (χ0) is 15.7. The van der Waals surface area contributed by atoms with E-state index in [4.69, 9.17) is 10.5 Å². The Morgan fingerprint density at radius 1 is 1.43 bits per heavy atom. The van der Waals surface area contributed by atoms with E-state index in [0.717, 1.165) is 6.42 Å². The second kappa shape index (κ2) is 8.91. The van der Waals surface area contributed by atoms with Crippen molar-refractivity contribution < 1.29 is 14.3 Å². The Labute approximate surface area is 124 Å². The number of carbonyl (C=O) groups is 2. The number of hydrogen-bond donors (Lipinski definition) is 2. The molecule has 7 heteroatoms. The average Bonchev–Trinajstić information content (AvgIpc) is 2.46. The van der Waals surface area contributed by atoms with Gasteiger partial charge in [0, 0.05) is 33.0 Å². The molecule has 0 aliphatic rings. The maximum absolute atomic E-state index is 12.0. The Kier molecular flexibility index (Phi) is 7.17. The van der Waals surface area contributed by atoms with Gasteiger partial charge in [-0.3, -0.25) is 14.6 Å². The number of amides is 2. The second-order valence-electron chi connectivity index (χ2n) is 4.71. The summed E-state index contributed by atoms with van der Waals surface area (Å²) in [6.07, 6.45) is 2.40. The molecule has 2 amide bonds. The first-order valence-electron chi connectivity index (χ1n) is 6.73. The second-order valence-corrected chi connectivity index (χ2v) is 4.71. The van der Waals surface area contributed by atoms with Crippen LogP contribution in [-0.4, -0.2) is 55.6 Å². The zero-order valence-electron chi connectivity index (χ0n) is 12.5. The van der Waals surface area contributed by atoms with Gasteiger partial charge in [-0.2, -0.15) is 0 Å². The lowest BCUT2D eigenvalue weighted by Gasteiger charge is -2.16. The molecule has 1 aromatic rings. The molecule has 0 unspecified atom stereocenters. The summed E-state index contributed by atoms with van der Waals surface area (Å²) in [5.74, 6) is -0.355. The van der Waals surface area contributed by atoms with E-state index in [1.54, 1.807) is 26.3 Å². The molecule has 7 nitrogen and oxygen atoms in total. The number of likely N-dealkylation sites (N-methyl/N-ethyl adjacent to an activating group) is 1. The molecule has 0 atom stereocenters. The summed E-state index contributed by atoms with van der Waals surface area (Å²) < 4.78 is 4.89. The Bertz CT molecular complexity index is 462. The van der Waals surface area contributed by atoms with Crippen molar-refractivity contribution in [3.8, 4) is 0 Å². The molecule has 116 valence electrons. The van der Waals surface area contributed by atoms with E-state index in [2.05, 4.69) is 10.3 Å². The predicted molar refractivity (Wildman–Crippen MR) is 79.5 cm³/mol. The van der Waals surface area contributed by atoms with E-state index in [9.17, 15) is 9.59 Å². The summed E-state index contributed by atoms with van der Waals surface area (Å²) in [6, 6.07) is 3.39. The smallest absolute Gasteiger partial charge is 0.239 e. The Morgan fingerprint density at radius 2 is 2.19 bits per heavy atom. The van der Waals surface area contributed by atoms with E-state index in [1.165, 1.54) is 11.1 Å².